The van der Waals surface area contributed by atoms with Gasteiger partial charge in [-0.3, -0.25) is 4.79 Å². The van der Waals surface area contributed by atoms with Crippen LogP contribution in [0, 0.1) is 0 Å². The molecular weight excluding hydrogens is 240 g/mol. The predicted octanol–water partition coefficient (Wildman–Crippen LogP) is 2.75. The highest BCUT2D eigenvalue weighted by atomic mass is 32.2. The molecule has 1 saturated heterocycles. The minimum atomic E-state index is -0.106. The third kappa shape index (κ3) is 2.55. The summed E-state index contributed by atoms with van der Waals surface area (Å²) in [6.07, 6.45) is 0. The summed E-state index contributed by atoms with van der Waals surface area (Å²) in [5, 5.41) is 0.165. The molecule has 0 saturated carbocycles. The summed E-state index contributed by atoms with van der Waals surface area (Å²) in [5.41, 5.74) is 1.22. The fourth-order valence-corrected chi connectivity index (χ4v) is 4.70. The lowest BCUT2D eigenvalue weighted by Gasteiger charge is -2.28. The number of esters is 1. The number of benzene rings is 1. The summed E-state index contributed by atoms with van der Waals surface area (Å²) in [7, 11) is 1.46. The number of carbonyl (C=O) groups is 1. The largest absolute Gasteiger partial charge is 0.468 e. The molecule has 2 unspecified atom stereocenters. The van der Waals surface area contributed by atoms with Gasteiger partial charge in [-0.15, -0.1) is 11.8 Å². The average Bonchev–Trinajstić information content (AvgIpc) is 2.39. The molecule has 2 atom stereocenters. The minimum absolute atomic E-state index is 0.0638. The minimum Gasteiger partial charge on any atom is -0.468 e. The summed E-state index contributed by atoms with van der Waals surface area (Å²) in [6, 6.07) is 10.2. The average molecular weight is 254 g/mol. The standard InChI is InChI=1S/C12H14O2S2/c1-14-12(13)11-10(15-7-8-16-11)9-5-3-2-4-6-9/h2-6,10-11H,7-8H2,1H3. The molecule has 0 radical (unpaired) electrons. The number of methoxy groups -OCH3 is 1. The van der Waals surface area contributed by atoms with E-state index in [4.69, 9.17) is 4.74 Å². The number of ether oxygens (including phenoxy) is 1. The van der Waals surface area contributed by atoms with E-state index in [0.717, 1.165) is 11.5 Å². The molecule has 1 aromatic carbocycles. The maximum atomic E-state index is 11.7. The van der Waals surface area contributed by atoms with E-state index in [-0.39, 0.29) is 16.5 Å². The van der Waals surface area contributed by atoms with Crippen molar-refractivity contribution in [3.05, 3.63) is 35.9 Å². The quantitative estimate of drug-likeness (QED) is 0.758. The number of hydrogen-bond acceptors (Lipinski definition) is 4. The van der Waals surface area contributed by atoms with Crippen LogP contribution in [0.15, 0.2) is 30.3 Å². The van der Waals surface area contributed by atoms with E-state index in [1.165, 1.54) is 12.7 Å². The summed E-state index contributed by atoms with van der Waals surface area (Å²) >= 11 is 3.55. The molecule has 0 bridgehead atoms. The lowest BCUT2D eigenvalue weighted by atomic mass is 10.1. The van der Waals surface area contributed by atoms with Gasteiger partial charge in [0.25, 0.3) is 0 Å². The molecule has 0 aliphatic carbocycles. The highest BCUT2D eigenvalue weighted by molar-refractivity contribution is 8.07. The molecule has 4 heteroatoms. The Balaban J connectivity index is 2.20. The Hall–Kier alpha value is -0.610. The molecule has 0 amide bonds. The van der Waals surface area contributed by atoms with E-state index >= 15 is 0 Å². The Labute approximate surface area is 104 Å². The first kappa shape index (κ1) is 11.9. The number of hydrogen-bond donors (Lipinski definition) is 0. The molecule has 1 aliphatic heterocycles. The molecule has 0 aromatic heterocycles. The first-order valence-electron chi connectivity index (χ1n) is 5.19. The van der Waals surface area contributed by atoms with Crippen molar-refractivity contribution in [2.75, 3.05) is 18.6 Å². The number of rotatable bonds is 2. The molecule has 1 aromatic rings. The monoisotopic (exact) mass is 254 g/mol. The second-order valence-electron chi connectivity index (χ2n) is 3.52. The molecule has 86 valence electrons. The predicted molar refractivity (Wildman–Crippen MR) is 69.9 cm³/mol. The third-order valence-corrected chi connectivity index (χ3v) is 5.55. The van der Waals surface area contributed by atoms with Gasteiger partial charge < -0.3 is 4.74 Å². The van der Waals surface area contributed by atoms with Gasteiger partial charge in [-0.2, -0.15) is 11.8 Å². The van der Waals surface area contributed by atoms with Crippen molar-refractivity contribution in [1.82, 2.24) is 0 Å². The van der Waals surface area contributed by atoms with Gasteiger partial charge >= 0.3 is 5.97 Å². The van der Waals surface area contributed by atoms with Crippen LogP contribution in [-0.4, -0.2) is 29.8 Å². The Morgan fingerprint density at radius 3 is 2.62 bits per heavy atom. The molecule has 16 heavy (non-hydrogen) atoms. The van der Waals surface area contributed by atoms with Crippen LogP contribution in [0.1, 0.15) is 10.8 Å². The van der Waals surface area contributed by atoms with Crippen LogP contribution < -0.4 is 0 Å². The fourth-order valence-electron chi connectivity index (χ4n) is 1.75. The number of thioether (sulfide) groups is 2. The van der Waals surface area contributed by atoms with Gasteiger partial charge in [-0.25, -0.2) is 0 Å². The van der Waals surface area contributed by atoms with Crippen molar-refractivity contribution in [2.45, 2.75) is 10.5 Å². The Kier molecular flexibility index (Phi) is 4.18. The fraction of sp³-hybridized carbons (Fsp3) is 0.417. The second-order valence-corrected chi connectivity index (χ2v) is 6.02. The van der Waals surface area contributed by atoms with Crippen molar-refractivity contribution in [3.8, 4) is 0 Å². The van der Waals surface area contributed by atoms with E-state index in [0.29, 0.717) is 0 Å². The van der Waals surface area contributed by atoms with Gasteiger partial charge in [0.15, 0.2) is 0 Å². The molecule has 1 heterocycles. The van der Waals surface area contributed by atoms with E-state index in [1.54, 1.807) is 11.8 Å². The lowest BCUT2D eigenvalue weighted by molar-refractivity contribution is -0.140. The van der Waals surface area contributed by atoms with Crippen LogP contribution in [0.2, 0.25) is 0 Å². The molecule has 0 spiro atoms. The Bertz CT molecular complexity index is 353. The van der Waals surface area contributed by atoms with Crippen molar-refractivity contribution < 1.29 is 9.53 Å². The molecule has 1 aliphatic rings. The lowest BCUT2D eigenvalue weighted by Crippen LogP contribution is -2.28. The molecule has 2 rings (SSSR count). The first-order chi connectivity index (χ1) is 7.83. The molecule has 2 nitrogen and oxygen atoms in total. The molecule has 0 N–H and O–H groups in total. The van der Waals surface area contributed by atoms with Crippen molar-refractivity contribution in [1.29, 1.82) is 0 Å². The van der Waals surface area contributed by atoms with Gasteiger partial charge in [-0.05, 0) is 5.56 Å². The van der Waals surface area contributed by atoms with Crippen molar-refractivity contribution >= 4 is 29.5 Å². The van der Waals surface area contributed by atoms with Crippen LogP contribution in [0.25, 0.3) is 0 Å². The van der Waals surface area contributed by atoms with Crippen molar-refractivity contribution in [3.63, 3.8) is 0 Å². The van der Waals surface area contributed by atoms with Crippen LogP contribution >= 0.6 is 23.5 Å². The van der Waals surface area contributed by atoms with E-state index < -0.39 is 0 Å². The maximum Gasteiger partial charge on any atom is 0.320 e. The van der Waals surface area contributed by atoms with Crippen LogP contribution in [0.3, 0.4) is 0 Å². The van der Waals surface area contributed by atoms with Crippen LogP contribution in [-0.2, 0) is 9.53 Å². The van der Waals surface area contributed by atoms with Crippen molar-refractivity contribution in [2.24, 2.45) is 0 Å². The Morgan fingerprint density at radius 2 is 1.94 bits per heavy atom. The van der Waals surface area contributed by atoms with Crippen LogP contribution in [0.5, 0.6) is 0 Å². The normalized spacial score (nSPS) is 25.1. The van der Waals surface area contributed by atoms with Gasteiger partial charge in [0, 0.05) is 11.5 Å². The van der Waals surface area contributed by atoms with E-state index in [9.17, 15) is 4.79 Å². The smallest absolute Gasteiger partial charge is 0.320 e. The molecular formula is C12H14O2S2. The van der Waals surface area contributed by atoms with Crippen LogP contribution in [0.4, 0.5) is 0 Å². The highest BCUT2D eigenvalue weighted by Crippen LogP contribution is 2.42. The Morgan fingerprint density at radius 1 is 1.25 bits per heavy atom. The first-order valence-corrected chi connectivity index (χ1v) is 7.28. The van der Waals surface area contributed by atoms with Gasteiger partial charge in [-0.1, -0.05) is 30.3 Å². The summed E-state index contributed by atoms with van der Waals surface area (Å²) in [6.45, 7) is 0. The zero-order valence-electron chi connectivity index (χ0n) is 9.09. The molecule has 1 fully saturated rings. The highest BCUT2D eigenvalue weighted by Gasteiger charge is 2.33. The van der Waals surface area contributed by atoms with Gasteiger partial charge in [0.2, 0.25) is 0 Å². The number of carbonyl (C=O) groups excluding carboxylic acids is 1. The van der Waals surface area contributed by atoms with E-state index in [2.05, 4.69) is 12.1 Å². The summed E-state index contributed by atoms with van der Waals surface area (Å²) < 4.78 is 4.87. The SMILES string of the molecule is COC(=O)C1SCCSC1c1ccccc1. The van der Waals surface area contributed by atoms with Gasteiger partial charge in [0.05, 0.1) is 12.4 Å². The summed E-state index contributed by atoms with van der Waals surface area (Å²) in [5.74, 6) is 2.01. The zero-order chi connectivity index (χ0) is 11.4. The summed E-state index contributed by atoms with van der Waals surface area (Å²) in [4.78, 5) is 11.7. The van der Waals surface area contributed by atoms with E-state index in [1.807, 2.05) is 30.0 Å². The maximum absolute atomic E-state index is 11.7. The third-order valence-electron chi connectivity index (χ3n) is 2.51. The topological polar surface area (TPSA) is 26.3 Å². The second kappa shape index (κ2) is 5.64. The zero-order valence-corrected chi connectivity index (χ0v) is 10.7. The van der Waals surface area contributed by atoms with Gasteiger partial charge in [0.1, 0.15) is 5.25 Å².